The number of hydrogen-bond donors (Lipinski definition) is 2. The van der Waals surface area contributed by atoms with Crippen molar-refractivity contribution in [1.82, 2.24) is 14.9 Å². The van der Waals surface area contributed by atoms with Crippen molar-refractivity contribution in [2.24, 2.45) is 0 Å². The number of rotatable bonds is 6. The molecule has 4 rings (SSSR count). The summed E-state index contributed by atoms with van der Waals surface area (Å²) in [7, 11) is 0. The van der Waals surface area contributed by atoms with Gasteiger partial charge in [-0.3, -0.25) is 4.79 Å². The van der Waals surface area contributed by atoms with Gasteiger partial charge in [-0.25, -0.2) is 4.68 Å². The lowest BCUT2D eigenvalue weighted by molar-refractivity contribution is -0.115. The molecule has 1 saturated heterocycles. The molecule has 1 aliphatic rings. The molecule has 0 radical (unpaired) electrons. The van der Waals surface area contributed by atoms with E-state index in [0.717, 1.165) is 37.7 Å². The minimum Gasteiger partial charge on any atom is -0.378 e. The SMILES string of the molecule is CC(Sc1nnc(-c2cc(Cl)ccc2Cl)n1N)C(=O)Nc1ccc(N2CCOCC2)cc1. The number of amides is 1. The van der Waals surface area contributed by atoms with E-state index in [2.05, 4.69) is 20.4 Å². The number of nitrogens with one attached hydrogen (secondary N) is 1. The summed E-state index contributed by atoms with van der Waals surface area (Å²) in [6.45, 7) is 4.96. The Bertz CT molecular complexity index is 1100. The first-order chi connectivity index (χ1) is 15.4. The average Bonchev–Trinajstić information content (AvgIpc) is 3.16. The van der Waals surface area contributed by atoms with Crippen molar-refractivity contribution in [3.8, 4) is 11.4 Å². The van der Waals surface area contributed by atoms with E-state index in [9.17, 15) is 4.79 Å². The predicted molar refractivity (Wildman–Crippen MR) is 129 cm³/mol. The molecule has 32 heavy (non-hydrogen) atoms. The van der Waals surface area contributed by atoms with Crippen LogP contribution in [-0.2, 0) is 9.53 Å². The second-order valence-corrected chi connectivity index (χ2v) is 9.35. The van der Waals surface area contributed by atoms with Gasteiger partial charge in [-0.05, 0) is 49.4 Å². The summed E-state index contributed by atoms with van der Waals surface area (Å²) in [5, 5.41) is 12.1. The zero-order valence-electron chi connectivity index (χ0n) is 17.3. The molecule has 3 aromatic rings. The van der Waals surface area contributed by atoms with Crippen molar-refractivity contribution in [3.05, 3.63) is 52.5 Å². The lowest BCUT2D eigenvalue weighted by Crippen LogP contribution is -2.36. The summed E-state index contributed by atoms with van der Waals surface area (Å²) in [4.78, 5) is 14.9. The highest BCUT2D eigenvalue weighted by Crippen LogP contribution is 2.31. The zero-order chi connectivity index (χ0) is 22.7. The summed E-state index contributed by atoms with van der Waals surface area (Å²) in [5.41, 5.74) is 2.40. The first-order valence-electron chi connectivity index (χ1n) is 9.98. The van der Waals surface area contributed by atoms with Crippen LogP contribution >= 0.6 is 35.0 Å². The van der Waals surface area contributed by atoms with E-state index in [0.29, 0.717) is 26.6 Å². The third kappa shape index (κ3) is 5.12. The molecular formula is C21H22Cl2N6O2S. The van der Waals surface area contributed by atoms with E-state index < -0.39 is 5.25 Å². The number of morpholine rings is 1. The van der Waals surface area contributed by atoms with Gasteiger partial charge in [0.25, 0.3) is 0 Å². The number of hydrogen-bond acceptors (Lipinski definition) is 7. The van der Waals surface area contributed by atoms with E-state index >= 15 is 0 Å². The van der Waals surface area contributed by atoms with Crippen LogP contribution in [0.25, 0.3) is 11.4 Å². The van der Waals surface area contributed by atoms with Crippen molar-refractivity contribution in [3.63, 3.8) is 0 Å². The molecular weight excluding hydrogens is 471 g/mol. The number of carbonyl (C=O) groups is 1. The lowest BCUT2D eigenvalue weighted by Gasteiger charge is -2.28. The minimum absolute atomic E-state index is 0.167. The number of ether oxygens (including phenoxy) is 1. The summed E-state index contributed by atoms with van der Waals surface area (Å²) < 4.78 is 6.69. The molecule has 2 heterocycles. The van der Waals surface area contributed by atoms with Crippen molar-refractivity contribution < 1.29 is 9.53 Å². The van der Waals surface area contributed by atoms with Crippen LogP contribution in [0.5, 0.6) is 0 Å². The molecule has 1 aliphatic heterocycles. The molecule has 0 aliphatic carbocycles. The van der Waals surface area contributed by atoms with Gasteiger partial charge in [0.05, 0.1) is 23.5 Å². The average molecular weight is 493 g/mol. The molecule has 1 fully saturated rings. The molecule has 1 amide bonds. The van der Waals surface area contributed by atoms with Gasteiger partial charge in [-0.2, -0.15) is 0 Å². The summed E-state index contributed by atoms with van der Waals surface area (Å²) in [5.74, 6) is 6.37. The number of nitrogens with zero attached hydrogens (tertiary/aromatic N) is 4. The molecule has 0 saturated carbocycles. The Kier molecular flexibility index (Phi) is 7.10. The minimum atomic E-state index is -0.455. The van der Waals surface area contributed by atoms with Crippen molar-refractivity contribution in [2.75, 3.05) is 42.4 Å². The first-order valence-corrected chi connectivity index (χ1v) is 11.6. The number of aromatic nitrogens is 3. The Morgan fingerprint density at radius 3 is 2.59 bits per heavy atom. The number of nitrogen functional groups attached to an aromatic ring is 1. The van der Waals surface area contributed by atoms with Crippen LogP contribution < -0.4 is 16.1 Å². The van der Waals surface area contributed by atoms with Crippen molar-refractivity contribution in [1.29, 1.82) is 0 Å². The second kappa shape index (κ2) is 9.99. The molecule has 3 N–H and O–H groups in total. The number of nitrogens with two attached hydrogens (primary N) is 1. The highest BCUT2D eigenvalue weighted by molar-refractivity contribution is 8.00. The van der Waals surface area contributed by atoms with Gasteiger partial charge < -0.3 is 20.8 Å². The number of halogens is 2. The van der Waals surface area contributed by atoms with Gasteiger partial charge in [0.15, 0.2) is 5.82 Å². The summed E-state index contributed by atoms with van der Waals surface area (Å²) in [6, 6.07) is 12.8. The van der Waals surface area contributed by atoms with E-state index in [1.54, 1.807) is 25.1 Å². The van der Waals surface area contributed by atoms with Gasteiger partial charge >= 0.3 is 0 Å². The fourth-order valence-electron chi connectivity index (χ4n) is 3.24. The third-order valence-corrected chi connectivity index (χ3v) is 6.62. The zero-order valence-corrected chi connectivity index (χ0v) is 19.6. The summed E-state index contributed by atoms with van der Waals surface area (Å²) >= 11 is 13.5. The summed E-state index contributed by atoms with van der Waals surface area (Å²) in [6.07, 6.45) is 0. The predicted octanol–water partition coefficient (Wildman–Crippen LogP) is 3.92. The lowest BCUT2D eigenvalue weighted by atomic mass is 10.2. The Hall–Kier alpha value is -2.46. The molecule has 2 aromatic carbocycles. The molecule has 168 valence electrons. The van der Waals surface area contributed by atoms with Crippen LogP contribution in [0.15, 0.2) is 47.6 Å². The highest BCUT2D eigenvalue weighted by atomic mass is 35.5. The largest absolute Gasteiger partial charge is 0.378 e. The van der Waals surface area contributed by atoms with Gasteiger partial charge in [0.2, 0.25) is 11.1 Å². The van der Waals surface area contributed by atoms with Crippen LogP contribution in [0.3, 0.4) is 0 Å². The fourth-order valence-corrected chi connectivity index (χ4v) is 4.39. The second-order valence-electron chi connectivity index (χ2n) is 7.20. The molecule has 0 bridgehead atoms. The first kappa shape index (κ1) is 22.7. The maximum Gasteiger partial charge on any atom is 0.237 e. The topological polar surface area (TPSA) is 98.3 Å². The molecule has 1 atom stereocenters. The Labute approximate surface area is 200 Å². The Morgan fingerprint density at radius 2 is 1.88 bits per heavy atom. The van der Waals surface area contributed by atoms with Crippen LogP contribution in [0.1, 0.15) is 6.92 Å². The number of thioether (sulfide) groups is 1. The molecule has 1 aromatic heterocycles. The van der Waals surface area contributed by atoms with Gasteiger partial charge in [-0.15, -0.1) is 10.2 Å². The highest BCUT2D eigenvalue weighted by Gasteiger charge is 2.21. The van der Waals surface area contributed by atoms with Crippen LogP contribution in [0.4, 0.5) is 11.4 Å². The van der Waals surface area contributed by atoms with Crippen LogP contribution in [0.2, 0.25) is 10.0 Å². The van der Waals surface area contributed by atoms with Crippen LogP contribution in [-0.4, -0.2) is 52.3 Å². The van der Waals surface area contributed by atoms with Gasteiger partial charge in [0.1, 0.15) is 0 Å². The van der Waals surface area contributed by atoms with Gasteiger partial charge in [-0.1, -0.05) is 35.0 Å². The maximum atomic E-state index is 12.7. The van der Waals surface area contributed by atoms with E-state index in [-0.39, 0.29) is 5.91 Å². The molecule has 1 unspecified atom stereocenters. The molecule has 8 nitrogen and oxygen atoms in total. The van der Waals surface area contributed by atoms with Crippen molar-refractivity contribution in [2.45, 2.75) is 17.3 Å². The standard InChI is InChI=1S/C21H22Cl2N6O2S/c1-13(20(30)25-15-3-5-16(6-4-15)28-8-10-31-11-9-28)32-21-27-26-19(29(21)24)17-12-14(22)2-7-18(17)23/h2-7,12-13H,8-11,24H2,1H3,(H,25,30). The normalized spacial score (nSPS) is 14.9. The van der Waals surface area contributed by atoms with Gasteiger partial charge in [0, 0.05) is 35.1 Å². The Morgan fingerprint density at radius 1 is 1.16 bits per heavy atom. The van der Waals surface area contributed by atoms with E-state index in [4.69, 9.17) is 33.8 Å². The number of benzene rings is 2. The monoisotopic (exact) mass is 492 g/mol. The molecule has 11 heteroatoms. The van der Waals surface area contributed by atoms with Crippen LogP contribution in [0, 0.1) is 0 Å². The maximum absolute atomic E-state index is 12.7. The smallest absolute Gasteiger partial charge is 0.237 e. The quantitative estimate of drug-likeness (QED) is 0.397. The number of anilines is 2. The third-order valence-electron chi connectivity index (χ3n) is 5.00. The van der Waals surface area contributed by atoms with Crippen molar-refractivity contribution >= 4 is 52.2 Å². The Balaban J connectivity index is 1.40. The fraction of sp³-hybridized carbons (Fsp3) is 0.286. The molecule has 0 spiro atoms. The number of carbonyl (C=O) groups excluding carboxylic acids is 1. The van der Waals surface area contributed by atoms with E-state index in [1.807, 2.05) is 24.3 Å². The van der Waals surface area contributed by atoms with E-state index in [1.165, 1.54) is 16.4 Å².